The molecule has 1 aromatic heterocycles. The van der Waals surface area contributed by atoms with E-state index in [0.29, 0.717) is 6.04 Å². The minimum atomic E-state index is -0.231. The van der Waals surface area contributed by atoms with Crippen LogP contribution in [0.1, 0.15) is 31.2 Å². The molecule has 0 bridgehead atoms. The second-order valence-corrected chi connectivity index (χ2v) is 5.18. The number of rotatable bonds is 3. The minimum absolute atomic E-state index is 0.231. The lowest BCUT2D eigenvalue weighted by atomic mass is 9.98. The Hall–Kier alpha value is -0.450. The highest BCUT2D eigenvalue weighted by Crippen LogP contribution is 2.22. The Morgan fingerprint density at radius 3 is 3.20 bits per heavy atom. The van der Waals surface area contributed by atoms with Crippen molar-refractivity contribution in [1.29, 1.82) is 0 Å². The number of aliphatic hydroxyl groups is 1. The summed E-state index contributed by atoms with van der Waals surface area (Å²) in [5, 5.41) is 12.9. The summed E-state index contributed by atoms with van der Waals surface area (Å²) in [6.45, 7) is 3.88. The lowest BCUT2D eigenvalue weighted by Gasteiger charge is -2.36. The molecule has 15 heavy (non-hydrogen) atoms. The molecule has 1 fully saturated rings. The summed E-state index contributed by atoms with van der Waals surface area (Å²) in [5.74, 6) is 0. The maximum absolute atomic E-state index is 9.72. The van der Waals surface area contributed by atoms with Crippen molar-refractivity contribution in [2.24, 2.45) is 0 Å². The molecule has 0 aromatic carbocycles. The van der Waals surface area contributed by atoms with Crippen molar-refractivity contribution in [3.05, 3.63) is 16.6 Å². The summed E-state index contributed by atoms with van der Waals surface area (Å²) < 4.78 is 0. The highest BCUT2D eigenvalue weighted by Gasteiger charge is 2.26. The van der Waals surface area contributed by atoms with Gasteiger partial charge < -0.3 is 5.11 Å². The maximum atomic E-state index is 9.72. The lowest BCUT2D eigenvalue weighted by molar-refractivity contribution is 0.0316. The molecule has 0 aliphatic carbocycles. The Kier molecular flexibility index (Phi) is 3.72. The zero-order valence-electron chi connectivity index (χ0n) is 9.09. The van der Waals surface area contributed by atoms with Crippen LogP contribution in [0.2, 0.25) is 0 Å². The van der Waals surface area contributed by atoms with E-state index in [1.165, 1.54) is 12.8 Å². The number of aliphatic hydroxyl groups excluding tert-OH is 1. The van der Waals surface area contributed by atoms with Gasteiger partial charge in [-0.15, -0.1) is 11.3 Å². The van der Waals surface area contributed by atoms with E-state index in [2.05, 4.69) is 9.88 Å². The van der Waals surface area contributed by atoms with Crippen LogP contribution in [-0.4, -0.2) is 33.7 Å². The maximum Gasteiger partial charge on any atom is 0.107 e. The van der Waals surface area contributed by atoms with Crippen LogP contribution >= 0.6 is 11.3 Å². The zero-order valence-corrected chi connectivity index (χ0v) is 9.91. The van der Waals surface area contributed by atoms with Gasteiger partial charge in [0.05, 0.1) is 12.6 Å². The first-order chi connectivity index (χ1) is 7.27. The molecular formula is C11H18N2OS. The Bertz CT molecular complexity index is 287. The average Bonchev–Trinajstić information content (AvgIpc) is 2.71. The molecule has 4 heteroatoms. The van der Waals surface area contributed by atoms with E-state index in [4.69, 9.17) is 0 Å². The molecule has 0 amide bonds. The normalized spacial score (nSPS) is 25.3. The van der Waals surface area contributed by atoms with Gasteiger partial charge in [0.25, 0.3) is 0 Å². The molecule has 1 aliphatic rings. The summed E-state index contributed by atoms with van der Waals surface area (Å²) in [6.07, 6.45) is 5.22. The van der Waals surface area contributed by atoms with Crippen LogP contribution in [0.4, 0.5) is 0 Å². The van der Waals surface area contributed by atoms with Gasteiger partial charge in [-0.3, -0.25) is 4.90 Å². The van der Waals surface area contributed by atoms with Crippen molar-refractivity contribution in [3.8, 4) is 0 Å². The summed E-state index contributed by atoms with van der Waals surface area (Å²) in [6, 6.07) is 0.322. The number of nitrogens with zero attached hydrogens (tertiary/aromatic N) is 2. The number of aromatic nitrogens is 1. The standard InChI is InChI=1S/C11H18N2OS/c1-9(14)10-4-2-3-6-13(10)8-11-12-5-7-15-11/h5,7,9-10,14H,2-4,6,8H2,1H3. The first-order valence-corrected chi connectivity index (χ1v) is 6.46. The van der Waals surface area contributed by atoms with Crippen LogP contribution in [0.15, 0.2) is 11.6 Å². The van der Waals surface area contributed by atoms with Crippen molar-refractivity contribution in [2.45, 2.75) is 44.9 Å². The molecule has 1 N–H and O–H groups in total. The number of piperidine rings is 1. The second kappa shape index (κ2) is 5.05. The monoisotopic (exact) mass is 226 g/mol. The minimum Gasteiger partial charge on any atom is -0.392 e. The molecule has 84 valence electrons. The van der Waals surface area contributed by atoms with E-state index in [9.17, 15) is 5.11 Å². The van der Waals surface area contributed by atoms with Crippen LogP contribution < -0.4 is 0 Å². The van der Waals surface area contributed by atoms with Gasteiger partial charge in [-0.2, -0.15) is 0 Å². The number of thiazole rings is 1. The molecule has 3 nitrogen and oxygen atoms in total. The molecule has 0 saturated carbocycles. The van der Waals surface area contributed by atoms with E-state index in [-0.39, 0.29) is 6.10 Å². The molecule has 0 radical (unpaired) electrons. The van der Waals surface area contributed by atoms with Gasteiger partial charge in [0.1, 0.15) is 5.01 Å². The summed E-state index contributed by atoms with van der Waals surface area (Å²) in [7, 11) is 0. The topological polar surface area (TPSA) is 36.4 Å². The van der Waals surface area contributed by atoms with Gasteiger partial charge in [0.15, 0.2) is 0 Å². The average molecular weight is 226 g/mol. The SMILES string of the molecule is CC(O)C1CCCCN1Cc1nccs1. The Labute approximate surface area is 94.8 Å². The molecule has 2 rings (SSSR count). The predicted molar refractivity (Wildman–Crippen MR) is 61.8 cm³/mol. The molecule has 1 aliphatic heterocycles. The van der Waals surface area contributed by atoms with Crippen molar-refractivity contribution >= 4 is 11.3 Å². The van der Waals surface area contributed by atoms with Gasteiger partial charge in [0, 0.05) is 17.6 Å². The number of hydrogen-bond acceptors (Lipinski definition) is 4. The predicted octanol–water partition coefficient (Wildman–Crippen LogP) is 1.88. The van der Waals surface area contributed by atoms with Crippen LogP contribution in [0.5, 0.6) is 0 Å². The molecule has 2 atom stereocenters. The molecule has 1 aromatic rings. The molecular weight excluding hydrogens is 208 g/mol. The number of likely N-dealkylation sites (tertiary alicyclic amines) is 1. The third-order valence-electron chi connectivity index (χ3n) is 3.04. The third-order valence-corrected chi connectivity index (χ3v) is 3.81. The highest BCUT2D eigenvalue weighted by atomic mass is 32.1. The fourth-order valence-corrected chi connectivity index (χ4v) is 2.91. The molecule has 1 saturated heterocycles. The van der Waals surface area contributed by atoms with Crippen LogP contribution in [0.25, 0.3) is 0 Å². The molecule has 2 unspecified atom stereocenters. The van der Waals surface area contributed by atoms with E-state index in [1.54, 1.807) is 11.3 Å². The van der Waals surface area contributed by atoms with E-state index in [0.717, 1.165) is 24.5 Å². The first-order valence-electron chi connectivity index (χ1n) is 5.58. The van der Waals surface area contributed by atoms with Crippen molar-refractivity contribution in [3.63, 3.8) is 0 Å². The van der Waals surface area contributed by atoms with Crippen LogP contribution in [0.3, 0.4) is 0 Å². The van der Waals surface area contributed by atoms with E-state index in [1.807, 2.05) is 18.5 Å². The molecule has 2 heterocycles. The Morgan fingerprint density at radius 2 is 2.53 bits per heavy atom. The Balaban J connectivity index is 1.99. The first kappa shape index (κ1) is 11.0. The second-order valence-electron chi connectivity index (χ2n) is 4.20. The van der Waals surface area contributed by atoms with E-state index < -0.39 is 0 Å². The smallest absolute Gasteiger partial charge is 0.107 e. The van der Waals surface area contributed by atoms with Crippen LogP contribution in [0, 0.1) is 0 Å². The third kappa shape index (κ3) is 2.77. The summed E-state index contributed by atoms with van der Waals surface area (Å²) >= 11 is 1.70. The fourth-order valence-electron chi connectivity index (χ4n) is 2.26. The Morgan fingerprint density at radius 1 is 1.67 bits per heavy atom. The largest absolute Gasteiger partial charge is 0.392 e. The fraction of sp³-hybridized carbons (Fsp3) is 0.727. The van der Waals surface area contributed by atoms with Crippen molar-refractivity contribution in [2.75, 3.05) is 6.54 Å². The van der Waals surface area contributed by atoms with Crippen LogP contribution in [-0.2, 0) is 6.54 Å². The van der Waals surface area contributed by atoms with Gasteiger partial charge in [-0.05, 0) is 26.3 Å². The quantitative estimate of drug-likeness (QED) is 0.855. The summed E-state index contributed by atoms with van der Waals surface area (Å²) in [4.78, 5) is 6.67. The highest BCUT2D eigenvalue weighted by molar-refractivity contribution is 7.09. The van der Waals surface area contributed by atoms with E-state index >= 15 is 0 Å². The van der Waals surface area contributed by atoms with Crippen molar-refractivity contribution in [1.82, 2.24) is 9.88 Å². The van der Waals surface area contributed by atoms with Crippen molar-refractivity contribution < 1.29 is 5.11 Å². The van der Waals surface area contributed by atoms with Gasteiger partial charge in [-0.1, -0.05) is 6.42 Å². The summed E-state index contributed by atoms with van der Waals surface area (Å²) in [5.41, 5.74) is 0. The lowest BCUT2D eigenvalue weighted by Crippen LogP contribution is -2.45. The number of hydrogen-bond donors (Lipinski definition) is 1. The molecule has 0 spiro atoms. The van der Waals surface area contributed by atoms with Gasteiger partial charge in [-0.25, -0.2) is 4.98 Å². The van der Waals surface area contributed by atoms with Gasteiger partial charge >= 0.3 is 0 Å². The zero-order chi connectivity index (χ0) is 10.7. The van der Waals surface area contributed by atoms with Gasteiger partial charge in [0.2, 0.25) is 0 Å².